The summed E-state index contributed by atoms with van der Waals surface area (Å²) in [7, 11) is 0. The molecule has 1 saturated heterocycles. The van der Waals surface area contributed by atoms with Gasteiger partial charge in [-0.1, -0.05) is 73.5 Å². The van der Waals surface area contributed by atoms with E-state index in [2.05, 4.69) is 17.4 Å². The van der Waals surface area contributed by atoms with Crippen molar-refractivity contribution < 1.29 is 9.59 Å². The molecule has 156 valence electrons. The van der Waals surface area contributed by atoms with Gasteiger partial charge in [-0.2, -0.15) is 0 Å². The smallest absolute Gasteiger partial charge is 0.261 e. The van der Waals surface area contributed by atoms with Crippen molar-refractivity contribution in [1.82, 2.24) is 10.2 Å². The predicted octanol–water partition coefficient (Wildman–Crippen LogP) is 4.27. The highest BCUT2D eigenvalue weighted by atomic mass is 32.2. The molecule has 1 N–H and O–H groups in total. The van der Waals surface area contributed by atoms with Gasteiger partial charge in [0.2, 0.25) is 5.91 Å². The van der Waals surface area contributed by atoms with Gasteiger partial charge < -0.3 is 10.2 Å². The minimum Gasteiger partial charge on any atom is -0.354 e. The number of hydrogen-bond donors (Lipinski definition) is 1. The van der Waals surface area contributed by atoms with Crippen LogP contribution in [0.25, 0.3) is 6.08 Å². The maximum atomic E-state index is 13.3. The van der Waals surface area contributed by atoms with Gasteiger partial charge >= 0.3 is 0 Å². The summed E-state index contributed by atoms with van der Waals surface area (Å²) >= 11 is 1.70. The molecule has 2 aromatic carbocycles. The average Bonchev–Trinajstić information content (AvgIpc) is 2.78. The highest BCUT2D eigenvalue weighted by molar-refractivity contribution is 8.04. The first-order valence-corrected chi connectivity index (χ1v) is 11.6. The van der Waals surface area contributed by atoms with E-state index in [1.807, 2.05) is 59.5 Å². The Morgan fingerprint density at radius 2 is 1.73 bits per heavy atom. The maximum absolute atomic E-state index is 13.3. The van der Waals surface area contributed by atoms with Crippen LogP contribution in [0.1, 0.15) is 36.8 Å². The molecule has 2 atom stereocenters. The molecule has 1 saturated carbocycles. The Kier molecular flexibility index (Phi) is 6.90. The van der Waals surface area contributed by atoms with Crippen LogP contribution in [0.5, 0.6) is 0 Å². The number of carbonyl (C=O) groups excluding carboxylic acids is 2. The topological polar surface area (TPSA) is 49.4 Å². The highest BCUT2D eigenvalue weighted by Gasteiger charge is 2.41. The molecule has 0 spiro atoms. The van der Waals surface area contributed by atoms with Crippen molar-refractivity contribution in [2.45, 2.75) is 43.4 Å². The third kappa shape index (κ3) is 5.14. The SMILES string of the molecule is O=C(CN1C(=O)/C(=C/c2ccccc2)SC2CCCCC21)NCCc1ccccc1. The summed E-state index contributed by atoms with van der Waals surface area (Å²) in [6.07, 6.45) is 7.16. The third-order valence-corrected chi connectivity index (χ3v) is 7.21. The molecular formula is C25H28N2O2S. The van der Waals surface area contributed by atoms with Gasteiger partial charge in [-0.3, -0.25) is 9.59 Å². The quantitative estimate of drug-likeness (QED) is 0.710. The minimum absolute atomic E-state index is 0.00906. The Labute approximate surface area is 182 Å². The number of hydrogen-bond acceptors (Lipinski definition) is 3. The Morgan fingerprint density at radius 3 is 2.50 bits per heavy atom. The van der Waals surface area contributed by atoms with Crippen LogP contribution in [0.2, 0.25) is 0 Å². The molecule has 2 fully saturated rings. The lowest BCUT2D eigenvalue weighted by molar-refractivity contribution is -0.135. The van der Waals surface area contributed by atoms with E-state index in [0.29, 0.717) is 11.8 Å². The molecule has 4 rings (SSSR count). The van der Waals surface area contributed by atoms with Crippen LogP contribution in [-0.2, 0) is 16.0 Å². The van der Waals surface area contributed by atoms with Gasteiger partial charge in [-0.25, -0.2) is 0 Å². The largest absolute Gasteiger partial charge is 0.354 e. The molecule has 2 aromatic rings. The molecule has 5 heteroatoms. The number of nitrogens with zero attached hydrogens (tertiary/aromatic N) is 1. The van der Waals surface area contributed by atoms with Crippen LogP contribution < -0.4 is 5.32 Å². The van der Waals surface area contributed by atoms with Gasteiger partial charge in [0, 0.05) is 17.8 Å². The van der Waals surface area contributed by atoms with E-state index >= 15 is 0 Å². The number of amides is 2. The van der Waals surface area contributed by atoms with Crippen LogP contribution in [0.4, 0.5) is 0 Å². The van der Waals surface area contributed by atoms with Crippen molar-refractivity contribution >= 4 is 29.7 Å². The highest BCUT2D eigenvalue weighted by Crippen LogP contribution is 2.42. The van der Waals surface area contributed by atoms with E-state index < -0.39 is 0 Å². The second-order valence-electron chi connectivity index (χ2n) is 7.95. The lowest BCUT2D eigenvalue weighted by atomic mass is 9.93. The molecule has 30 heavy (non-hydrogen) atoms. The van der Waals surface area contributed by atoms with Gasteiger partial charge in [0.25, 0.3) is 5.91 Å². The predicted molar refractivity (Wildman–Crippen MR) is 123 cm³/mol. The fourth-order valence-electron chi connectivity index (χ4n) is 4.26. The van der Waals surface area contributed by atoms with Gasteiger partial charge in [0.1, 0.15) is 6.54 Å². The van der Waals surface area contributed by atoms with Crippen LogP contribution in [0.15, 0.2) is 65.6 Å². The van der Waals surface area contributed by atoms with Crippen molar-refractivity contribution in [2.24, 2.45) is 0 Å². The van der Waals surface area contributed by atoms with Gasteiger partial charge in [-0.05, 0) is 36.5 Å². The molecule has 0 radical (unpaired) electrons. The van der Waals surface area contributed by atoms with Gasteiger partial charge in [0.05, 0.1) is 4.91 Å². The normalized spacial score (nSPS) is 22.6. The molecule has 1 heterocycles. The molecule has 0 bridgehead atoms. The van der Waals surface area contributed by atoms with Crippen LogP contribution >= 0.6 is 11.8 Å². The Bertz CT molecular complexity index is 898. The Hall–Kier alpha value is -2.53. The summed E-state index contributed by atoms with van der Waals surface area (Å²) in [6, 6.07) is 20.2. The zero-order valence-electron chi connectivity index (χ0n) is 17.1. The summed E-state index contributed by atoms with van der Waals surface area (Å²) < 4.78 is 0. The van der Waals surface area contributed by atoms with Crippen molar-refractivity contribution in [2.75, 3.05) is 13.1 Å². The molecule has 2 aliphatic rings. The first-order chi connectivity index (χ1) is 14.7. The second kappa shape index (κ2) is 9.98. The molecule has 0 aromatic heterocycles. The lowest BCUT2D eigenvalue weighted by Crippen LogP contribution is -2.54. The summed E-state index contributed by atoms with van der Waals surface area (Å²) in [5, 5.41) is 3.38. The van der Waals surface area contributed by atoms with Crippen molar-refractivity contribution in [3.8, 4) is 0 Å². The van der Waals surface area contributed by atoms with E-state index in [-0.39, 0.29) is 24.4 Å². The zero-order valence-corrected chi connectivity index (χ0v) is 17.9. The van der Waals surface area contributed by atoms with Gasteiger partial charge in [-0.15, -0.1) is 11.8 Å². The Balaban J connectivity index is 1.43. The number of carbonyl (C=O) groups is 2. The lowest BCUT2D eigenvalue weighted by Gasteiger charge is -2.43. The maximum Gasteiger partial charge on any atom is 0.261 e. The standard InChI is InChI=1S/C25H28N2O2S/c28-24(26-16-15-19-9-3-1-4-10-19)18-27-21-13-7-8-14-22(21)30-23(25(27)29)17-20-11-5-2-6-12-20/h1-6,9-12,17,21-22H,7-8,13-16,18H2,(H,26,28)/b23-17-. The summed E-state index contributed by atoms with van der Waals surface area (Å²) in [4.78, 5) is 28.5. The Morgan fingerprint density at radius 1 is 1.03 bits per heavy atom. The zero-order chi connectivity index (χ0) is 20.8. The number of fused-ring (bicyclic) bond motifs is 1. The van der Waals surface area contributed by atoms with E-state index in [0.717, 1.165) is 36.2 Å². The van der Waals surface area contributed by atoms with E-state index in [1.54, 1.807) is 11.8 Å². The molecular weight excluding hydrogens is 392 g/mol. The van der Waals surface area contributed by atoms with Gasteiger partial charge in [0.15, 0.2) is 0 Å². The molecule has 2 unspecified atom stereocenters. The van der Waals surface area contributed by atoms with E-state index in [1.165, 1.54) is 12.0 Å². The molecule has 2 amide bonds. The summed E-state index contributed by atoms with van der Waals surface area (Å²) in [5.41, 5.74) is 2.22. The summed E-state index contributed by atoms with van der Waals surface area (Å²) in [6.45, 7) is 0.724. The monoisotopic (exact) mass is 420 g/mol. The average molecular weight is 421 g/mol. The number of nitrogens with one attached hydrogen (secondary N) is 1. The van der Waals surface area contributed by atoms with Crippen molar-refractivity contribution in [1.29, 1.82) is 0 Å². The second-order valence-corrected chi connectivity index (χ2v) is 9.23. The molecule has 1 aliphatic carbocycles. The van der Waals surface area contributed by atoms with Crippen molar-refractivity contribution in [3.05, 3.63) is 76.7 Å². The summed E-state index contributed by atoms with van der Waals surface area (Å²) in [5.74, 6) is -0.0835. The molecule has 4 nitrogen and oxygen atoms in total. The van der Waals surface area contributed by atoms with Crippen LogP contribution in [0, 0.1) is 0 Å². The van der Waals surface area contributed by atoms with E-state index in [9.17, 15) is 9.59 Å². The van der Waals surface area contributed by atoms with Crippen molar-refractivity contribution in [3.63, 3.8) is 0 Å². The first kappa shape index (κ1) is 20.7. The fraction of sp³-hybridized carbons (Fsp3) is 0.360. The number of thioether (sulfide) groups is 1. The van der Waals surface area contributed by atoms with Crippen LogP contribution in [-0.4, -0.2) is 41.1 Å². The third-order valence-electron chi connectivity index (χ3n) is 5.81. The molecule has 1 aliphatic heterocycles. The van der Waals surface area contributed by atoms with Crippen LogP contribution in [0.3, 0.4) is 0 Å². The fourth-order valence-corrected chi connectivity index (χ4v) is 5.74. The minimum atomic E-state index is -0.0745. The number of rotatable bonds is 6. The first-order valence-electron chi connectivity index (χ1n) is 10.8. The van der Waals surface area contributed by atoms with E-state index in [4.69, 9.17) is 0 Å². The number of benzene rings is 2.